The van der Waals surface area contributed by atoms with Gasteiger partial charge in [-0.15, -0.1) is 0 Å². The molecule has 1 atom stereocenters. The summed E-state index contributed by atoms with van der Waals surface area (Å²) in [6, 6.07) is 0. The van der Waals surface area contributed by atoms with Gasteiger partial charge in [-0.25, -0.2) is 4.99 Å². The van der Waals surface area contributed by atoms with E-state index in [2.05, 4.69) is 34.2 Å². The first-order valence-electron chi connectivity index (χ1n) is 4.24. The number of nitrogens with zero attached hydrogens (tertiary/aromatic N) is 2. The maximum absolute atomic E-state index is 5.49. The minimum Gasteiger partial charge on any atom is -0.374 e. The van der Waals surface area contributed by atoms with Crippen LogP contribution in [-0.2, 0) is 4.74 Å². The molecule has 4 heteroatoms. The van der Waals surface area contributed by atoms with E-state index in [0.717, 1.165) is 26.2 Å². The van der Waals surface area contributed by atoms with Gasteiger partial charge in [0.05, 0.1) is 24.4 Å². The first kappa shape index (κ1) is 9.81. The summed E-state index contributed by atoms with van der Waals surface area (Å²) in [4.78, 5) is 6.23. The van der Waals surface area contributed by atoms with Crippen LogP contribution in [0.4, 0.5) is 0 Å². The third-order valence-corrected chi connectivity index (χ3v) is 2.16. The Morgan fingerprint density at radius 1 is 1.75 bits per heavy atom. The molecule has 0 N–H and O–H groups in total. The Kier molecular flexibility index (Phi) is 4.40. The smallest absolute Gasteiger partial charge is 0.0905 e. The second kappa shape index (κ2) is 5.38. The van der Waals surface area contributed by atoms with Crippen molar-refractivity contribution in [3.63, 3.8) is 0 Å². The molecule has 0 aliphatic carbocycles. The predicted molar refractivity (Wildman–Crippen MR) is 51.7 cm³/mol. The van der Waals surface area contributed by atoms with Gasteiger partial charge in [0, 0.05) is 13.1 Å². The van der Waals surface area contributed by atoms with Crippen molar-refractivity contribution < 1.29 is 4.74 Å². The fourth-order valence-corrected chi connectivity index (χ4v) is 1.39. The van der Waals surface area contributed by atoms with Gasteiger partial charge in [0.25, 0.3) is 0 Å². The standard InChI is InChI=1S/C8H14N2OS/c1-2-10-3-4-11-8(6-10)5-9-7-12/h8H,2-6H2,1H3. The zero-order chi connectivity index (χ0) is 8.81. The van der Waals surface area contributed by atoms with E-state index in [0.29, 0.717) is 6.54 Å². The highest BCUT2D eigenvalue weighted by Crippen LogP contribution is 2.04. The highest BCUT2D eigenvalue weighted by Gasteiger charge is 2.18. The monoisotopic (exact) mass is 186 g/mol. The molecule has 1 heterocycles. The molecule has 0 aromatic heterocycles. The molecule has 0 saturated carbocycles. The molecule has 1 rings (SSSR count). The number of aliphatic imine (C=N–C) groups is 1. The van der Waals surface area contributed by atoms with Gasteiger partial charge in [-0.3, -0.25) is 4.90 Å². The highest BCUT2D eigenvalue weighted by molar-refractivity contribution is 7.78. The van der Waals surface area contributed by atoms with E-state index in [1.165, 1.54) is 0 Å². The molecule has 12 heavy (non-hydrogen) atoms. The van der Waals surface area contributed by atoms with Crippen LogP contribution in [0, 0.1) is 0 Å². The van der Waals surface area contributed by atoms with Gasteiger partial charge in [0.1, 0.15) is 0 Å². The molecule has 0 radical (unpaired) electrons. The van der Waals surface area contributed by atoms with Crippen molar-refractivity contribution in [2.75, 3.05) is 32.8 Å². The molecule has 0 aromatic carbocycles. The van der Waals surface area contributed by atoms with E-state index >= 15 is 0 Å². The summed E-state index contributed by atoms with van der Waals surface area (Å²) >= 11 is 4.49. The van der Waals surface area contributed by atoms with Gasteiger partial charge < -0.3 is 4.74 Å². The summed E-state index contributed by atoms with van der Waals surface area (Å²) in [5.41, 5.74) is 0. The molecule has 1 saturated heterocycles. The molecule has 3 nitrogen and oxygen atoms in total. The lowest BCUT2D eigenvalue weighted by Crippen LogP contribution is -2.43. The topological polar surface area (TPSA) is 24.8 Å². The molecule has 0 aromatic rings. The Morgan fingerprint density at radius 3 is 3.25 bits per heavy atom. The number of morpholine rings is 1. The third kappa shape index (κ3) is 2.99. The number of ether oxygens (including phenoxy) is 1. The quantitative estimate of drug-likeness (QED) is 0.481. The van der Waals surface area contributed by atoms with Crippen molar-refractivity contribution >= 4 is 17.4 Å². The SMILES string of the molecule is CCN1CCOC(CN=C=S)C1. The number of hydrogen-bond acceptors (Lipinski definition) is 4. The lowest BCUT2D eigenvalue weighted by molar-refractivity contribution is -0.0208. The van der Waals surface area contributed by atoms with Crippen LogP contribution in [0.3, 0.4) is 0 Å². The van der Waals surface area contributed by atoms with E-state index < -0.39 is 0 Å². The Bertz CT molecular complexity index is 180. The number of hydrogen-bond donors (Lipinski definition) is 0. The average Bonchev–Trinajstić information content (AvgIpc) is 2.15. The Balaban J connectivity index is 2.30. The van der Waals surface area contributed by atoms with Gasteiger partial charge in [0.15, 0.2) is 0 Å². The second-order valence-corrected chi connectivity index (χ2v) is 3.00. The van der Waals surface area contributed by atoms with Crippen LogP contribution in [0.25, 0.3) is 0 Å². The van der Waals surface area contributed by atoms with Crippen LogP contribution in [0.1, 0.15) is 6.92 Å². The molecule has 1 fully saturated rings. The maximum atomic E-state index is 5.49. The van der Waals surface area contributed by atoms with Crippen molar-refractivity contribution in [2.24, 2.45) is 4.99 Å². The fraction of sp³-hybridized carbons (Fsp3) is 0.875. The van der Waals surface area contributed by atoms with Gasteiger partial charge >= 0.3 is 0 Å². The average molecular weight is 186 g/mol. The summed E-state index contributed by atoms with van der Waals surface area (Å²) in [7, 11) is 0. The van der Waals surface area contributed by atoms with E-state index in [9.17, 15) is 0 Å². The van der Waals surface area contributed by atoms with E-state index in [1.807, 2.05) is 0 Å². The number of likely N-dealkylation sites (N-methyl/N-ethyl adjacent to an activating group) is 1. The van der Waals surface area contributed by atoms with Crippen LogP contribution in [0.5, 0.6) is 0 Å². The van der Waals surface area contributed by atoms with Gasteiger partial charge in [-0.2, -0.15) is 0 Å². The van der Waals surface area contributed by atoms with Gasteiger partial charge in [-0.1, -0.05) is 6.92 Å². The summed E-state index contributed by atoms with van der Waals surface area (Å²) in [5, 5.41) is 2.36. The Morgan fingerprint density at radius 2 is 2.58 bits per heavy atom. The molecule has 1 aliphatic rings. The normalized spacial score (nSPS) is 24.9. The van der Waals surface area contributed by atoms with Crippen molar-refractivity contribution in [1.82, 2.24) is 4.90 Å². The van der Waals surface area contributed by atoms with Crippen LogP contribution < -0.4 is 0 Å². The summed E-state index contributed by atoms with van der Waals surface area (Å²) in [6.45, 7) is 6.71. The molecule has 0 bridgehead atoms. The maximum Gasteiger partial charge on any atom is 0.0905 e. The van der Waals surface area contributed by atoms with Crippen molar-refractivity contribution in [3.05, 3.63) is 0 Å². The van der Waals surface area contributed by atoms with Crippen molar-refractivity contribution in [3.8, 4) is 0 Å². The Hall–Kier alpha value is -0.280. The lowest BCUT2D eigenvalue weighted by atomic mass is 10.3. The number of thiocarbonyl (C=S) groups is 1. The first-order chi connectivity index (χ1) is 5.86. The Labute approximate surface area is 78.4 Å². The number of isothiocyanates is 1. The van der Waals surface area contributed by atoms with Gasteiger partial charge in [0.2, 0.25) is 0 Å². The van der Waals surface area contributed by atoms with E-state index in [1.54, 1.807) is 0 Å². The molecular weight excluding hydrogens is 172 g/mol. The number of rotatable bonds is 3. The molecule has 1 aliphatic heterocycles. The fourth-order valence-electron chi connectivity index (χ4n) is 1.32. The van der Waals surface area contributed by atoms with Crippen LogP contribution >= 0.6 is 12.2 Å². The van der Waals surface area contributed by atoms with Crippen LogP contribution in [0.15, 0.2) is 4.99 Å². The first-order valence-corrected chi connectivity index (χ1v) is 4.65. The minimum absolute atomic E-state index is 0.217. The molecule has 1 unspecified atom stereocenters. The zero-order valence-corrected chi connectivity index (χ0v) is 8.14. The lowest BCUT2D eigenvalue weighted by Gasteiger charge is -2.30. The minimum atomic E-state index is 0.217. The summed E-state index contributed by atoms with van der Waals surface area (Å²) in [6.07, 6.45) is 0.217. The van der Waals surface area contributed by atoms with E-state index in [4.69, 9.17) is 4.74 Å². The molecule has 0 amide bonds. The second-order valence-electron chi connectivity index (χ2n) is 2.82. The summed E-state index contributed by atoms with van der Waals surface area (Å²) < 4.78 is 5.49. The molecule has 68 valence electrons. The molecular formula is C8H14N2OS. The van der Waals surface area contributed by atoms with E-state index in [-0.39, 0.29) is 6.10 Å². The predicted octanol–water partition coefficient (Wildman–Crippen LogP) is 0.810. The third-order valence-electron chi connectivity index (χ3n) is 2.03. The van der Waals surface area contributed by atoms with Crippen molar-refractivity contribution in [2.45, 2.75) is 13.0 Å². The highest BCUT2D eigenvalue weighted by atomic mass is 32.1. The molecule has 0 spiro atoms. The largest absolute Gasteiger partial charge is 0.374 e. The summed E-state index contributed by atoms with van der Waals surface area (Å²) in [5.74, 6) is 0. The van der Waals surface area contributed by atoms with Gasteiger partial charge in [-0.05, 0) is 18.8 Å². The van der Waals surface area contributed by atoms with Crippen LogP contribution in [0.2, 0.25) is 0 Å². The van der Waals surface area contributed by atoms with Crippen molar-refractivity contribution in [1.29, 1.82) is 0 Å². The zero-order valence-electron chi connectivity index (χ0n) is 7.32. The van der Waals surface area contributed by atoms with Crippen LogP contribution in [-0.4, -0.2) is 49.0 Å².